The summed E-state index contributed by atoms with van der Waals surface area (Å²) in [6.07, 6.45) is 2.13. The molecule has 1 amide bonds. The van der Waals surface area contributed by atoms with Gasteiger partial charge in [-0.15, -0.1) is 0 Å². The van der Waals surface area contributed by atoms with E-state index in [9.17, 15) is 4.79 Å². The molecule has 4 heteroatoms. The Kier molecular flexibility index (Phi) is 4.71. The summed E-state index contributed by atoms with van der Waals surface area (Å²) in [5, 5.41) is 6.04. The monoisotopic (exact) mass is 269 g/mol. The molecule has 0 saturated carbocycles. The van der Waals surface area contributed by atoms with Crippen molar-refractivity contribution in [1.29, 1.82) is 0 Å². The quantitative estimate of drug-likeness (QED) is 0.875. The Labute approximate surface area is 119 Å². The van der Waals surface area contributed by atoms with Crippen LogP contribution >= 0.6 is 0 Å². The number of aromatic nitrogens is 1. The molecule has 0 aliphatic rings. The van der Waals surface area contributed by atoms with Gasteiger partial charge >= 0.3 is 0 Å². The van der Waals surface area contributed by atoms with Crippen LogP contribution in [0.25, 0.3) is 0 Å². The fourth-order valence-electron chi connectivity index (χ4n) is 1.82. The first-order chi connectivity index (χ1) is 9.69. The summed E-state index contributed by atoms with van der Waals surface area (Å²) in [4.78, 5) is 15.5. The lowest BCUT2D eigenvalue weighted by Gasteiger charge is -2.09. The van der Waals surface area contributed by atoms with Crippen molar-refractivity contribution in [2.75, 3.05) is 10.6 Å². The van der Waals surface area contributed by atoms with Crippen molar-refractivity contribution in [2.24, 2.45) is 0 Å². The third-order valence-electron chi connectivity index (χ3n) is 3.09. The van der Waals surface area contributed by atoms with Gasteiger partial charge in [-0.25, -0.2) is 4.98 Å². The van der Waals surface area contributed by atoms with E-state index in [1.807, 2.05) is 31.2 Å². The average Bonchev–Trinajstić information content (AvgIpc) is 2.48. The standard InChI is InChI=1S/C16H19N3O/c1-3-16(20)19-14-8-9-15(18-11-14)17-10-13-7-5-4-6-12(13)2/h4-9,11H,3,10H2,1-2H3,(H,17,18)(H,19,20). The van der Waals surface area contributed by atoms with Gasteiger partial charge in [0, 0.05) is 13.0 Å². The molecule has 0 spiro atoms. The summed E-state index contributed by atoms with van der Waals surface area (Å²) in [6.45, 7) is 4.65. The maximum Gasteiger partial charge on any atom is 0.224 e. The van der Waals surface area contributed by atoms with Crippen LogP contribution in [0.2, 0.25) is 0 Å². The van der Waals surface area contributed by atoms with Gasteiger partial charge in [0.15, 0.2) is 0 Å². The molecule has 0 bridgehead atoms. The lowest BCUT2D eigenvalue weighted by molar-refractivity contribution is -0.115. The highest BCUT2D eigenvalue weighted by Gasteiger charge is 2.01. The zero-order valence-corrected chi connectivity index (χ0v) is 11.8. The number of hydrogen-bond acceptors (Lipinski definition) is 3. The summed E-state index contributed by atoms with van der Waals surface area (Å²) in [7, 11) is 0. The van der Waals surface area contributed by atoms with Crippen molar-refractivity contribution in [3.05, 3.63) is 53.7 Å². The predicted octanol–water partition coefficient (Wildman–Crippen LogP) is 3.35. The van der Waals surface area contributed by atoms with Gasteiger partial charge < -0.3 is 10.6 Å². The van der Waals surface area contributed by atoms with E-state index in [0.29, 0.717) is 6.42 Å². The molecule has 104 valence electrons. The summed E-state index contributed by atoms with van der Waals surface area (Å²) in [6, 6.07) is 12.0. The van der Waals surface area contributed by atoms with Crippen LogP contribution in [0, 0.1) is 6.92 Å². The smallest absolute Gasteiger partial charge is 0.224 e. The summed E-state index contributed by atoms with van der Waals surface area (Å²) in [5.41, 5.74) is 3.22. The fourth-order valence-corrected chi connectivity index (χ4v) is 1.82. The number of nitrogens with zero attached hydrogens (tertiary/aromatic N) is 1. The van der Waals surface area contributed by atoms with Crippen LogP contribution in [0.5, 0.6) is 0 Å². The maximum atomic E-state index is 11.3. The van der Waals surface area contributed by atoms with E-state index in [1.165, 1.54) is 11.1 Å². The van der Waals surface area contributed by atoms with E-state index in [-0.39, 0.29) is 5.91 Å². The fraction of sp³-hybridized carbons (Fsp3) is 0.250. The highest BCUT2D eigenvalue weighted by molar-refractivity contribution is 5.90. The lowest BCUT2D eigenvalue weighted by Crippen LogP contribution is -2.10. The largest absolute Gasteiger partial charge is 0.366 e. The third-order valence-corrected chi connectivity index (χ3v) is 3.09. The van der Waals surface area contributed by atoms with Crippen LogP contribution < -0.4 is 10.6 Å². The van der Waals surface area contributed by atoms with Crippen molar-refractivity contribution in [1.82, 2.24) is 4.98 Å². The minimum Gasteiger partial charge on any atom is -0.366 e. The topological polar surface area (TPSA) is 54.0 Å². The summed E-state index contributed by atoms with van der Waals surface area (Å²) in [5.74, 6) is 0.787. The number of carbonyl (C=O) groups excluding carboxylic acids is 1. The number of pyridine rings is 1. The molecule has 0 aliphatic carbocycles. The Morgan fingerprint density at radius 3 is 2.65 bits per heavy atom. The number of amides is 1. The van der Waals surface area contributed by atoms with Crippen LogP contribution in [0.4, 0.5) is 11.5 Å². The van der Waals surface area contributed by atoms with Gasteiger partial charge in [-0.3, -0.25) is 4.79 Å². The van der Waals surface area contributed by atoms with Gasteiger partial charge in [0.1, 0.15) is 5.82 Å². The number of rotatable bonds is 5. The minimum atomic E-state index is -0.00702. The third kappa shape index (κ3) is 3.82. The highest BCUT2D eigenvalue weighted by Crippen LogP contribution is 2.13. The first kappa shape index (κ1) is 14.1. The Bertz CT molecular complexity index is 579. The Balaban J connectivity index is 1.94. The maximum absolute atomic E-state index is 11.3. The molecule has 0 fully saturated rings. The van der Waals surface area contributed by atoms with Gasteiger partial charge in [-0.2, -0.15) is 0 Å². The Morgan fingerprint density at radius 1 is 1.20 bits per heavy atom. The minimum absolute atomic E-state index is 0.00702. The van der Waals surface area contributed by atoms with Crippen molar-refractivity contribution >= 4 is 17.4 Å². The second kappa shape index (κ2) is 6.70. The van der Waals surface area contributed by atoms with Gasteiger partial charge in [0.25, 0.3) is 0 Å². The number of hydrogen-bond donors (Lipinski definition) is 2. The van der Waals surface area contributed by atoms with E-state index in [1.54, 1.807) is 6.20 Å². The molecule has 0 atom stereocenters. The number of benzene rings is 1. The van der Waals surface area contributed by atoms with E-state index < -0.39 is 0 Å². The number of nitrogens with one attached hydrogen (secondary N) is 2. The summed E-state index contributed by atoms with van der Waals surface area (Å²) >= 11 is 0. The van der Waals surface area contributed by atoms with E-state index in [2.05, 4.69) is 34.7 Å². The number of aryl methyl sites for hydroxylation is 1. The lowest BCUT2D eigenvalue weighted by atomic mass is 10.1. The van der Waals surface area contributed by atoms with Crippen molar-refractivity contribution in [2.45, 2.75) is 26.8 Å². The van der Waals surface area contributed by atoms with E-state index in [0.717, 1.165) is 18.1 Å². The van der Waals surface area contributed by atoms with Crippen LogP contribution in [-0.4, -0.2) is 10.9 Å². The van der Waals surface area contributed by atoms with Crippen molar-refractivity contribution in [3.63, 3.8) is 0 Å². The van der Waals surface area contributed by atoms with Crippen molar-refractivity contribution in [3.8, 4) is 0 Å². The molecule has 2 N–H and O–H groups in total. The summed E-state index contributed by atoms with van der Waals surface area (Å²) < 4.78 is 0. The van der Waals surface area contributed by atoms with Gasteiger partial charge in [-0.05, 0) is 30.2 Å². The molecule has 1 aromatic carbocycles. The van der Waals surface area contributed by atoms with E-state index >= 15 is 0 Å². The molecule has 1 heterocycles. The second-order valence-electron chi connectivity index (χ2n) is 4.61. The molecule has 0 unspecified atom stereocenters. The molecule has 0 saturated heterocycles. The zero-order valence-electron chi connectivity index (χ0n) is 11.8. The zero-order chi connectivity index (χ0) is 14.4. The molecule has 2 rings (SSSR count). The Morgan fingerprint density at radius 2 is 2.00 bits per heavy atom. The van der Waals surface area contributed by atoms with Gasteiger partial charge in [-0.1, -0.05) is 31.2 Å². The molecule has 20 heavy (non-hydrogen) atoms. The molecule has 4 nitrogen and oxygen atoms in total. The normalized spacial score (nSPS) is 10.1. The molecule has 2 aromatic rings. The van der Waals surface area contributed by atoms with Crippen LogP contribution in [0.3, 0.4) is 0 Å². The molecular weight excluding hydrogens is 250 g/mol. The van der Waals surface area contributed by atoms with Crippen LogP contribution in [-0.2, 0) is 11.3 Å². The van der Waals surface area contributed by atoms with Crippen molar-refractivity contribution < 1.29 is 4.79 Å². The SMILES string of the molecule is CCC(=O)Nc1ccc(NCc2ccccc2C)nc1. The second-order valence-corrected chi connectivity index (χ2v) is 4.61. The highest BCUT2D eigenvalue weighted by atomic mass is 16.1. The van der Waals surface area contributed by atoms with Gasteiger partial charge in [0.05, 0.1) is 11.9 Å². The van der Waals surface area contributed by atoms with E-state index in [4.69, 9.17) is 0 Å². The molecular formula is C16H19N3O. The van der Waals surface area contributed by atoms with Gasteiger partial charge in [0.2, 0.25) is 5.91 Å². The first-order valence-corrected chi connectivity index (χ1v) is 6.73. The molecule has 0 radical (unpaired) electrons. The number of carbonyl (C=O) groups is 1. The molecule has 1 aromatic heterocycles. The number of anilines is 2. The van der Waals surface area contributed by atoms with Crippen LogP contribution in [0.1, 0.15) is 24.5 Å². The average molecular weight is 269 g/mol. The Hall–Kier alpha value is -2.36. The predicted molar refractivity (Wildman–Crippen MR) is 81.7 cm³/mol. The molecule has 0 aliphatic heterocycles. The van der Waals surface area contributed by atoms with Crippen LogP contribution in [0.15, 0.2) is 42.6 Å². The first-order valence-electron chi connectivity index (χ1n) is 6.73.